The monoisotopic (exact) mass is 207 g/mol. The van der Waals surface area contributed by atoms with E-state index >= 15 is 0 Å². The van der Waals surface area contributed by atoms with E-state index in [1.807, 2.05) is 0 Å². The van der Waals surface area contributed by atoms with Crippen LogP contribution in [0.15, 0.2) is 24.3 Å². The van der Waals surface area contributed by atoms with Crippen LogP contribution in [-0.2, 0) is 4.79 Å². The van der Waals surface area contributed by atoms with Gasteiger partial charge in [-0.15, -0.1) is 0 Å². The summed E-state index contributed by atoms with van der Waals surface area (Å²) in [7, 11) is 3.13. The molecular formula is C11H13NO3. The number of rotatable bonds is 4. The molecule has 0 spiro atoms. The van der Waals surface area contributed by atoms with E-state index in [0.29, 0.717) is 11.5 Å². The second kappa shape index (κ2) is 5.05. The summed E-state index contributed by atoms with van der Waals surface area (Å²) in [6.07, 6.45) is 2.86. The lowest BCUT2D eigenvalue weighted by molar-refractivity contribution is -0.113. The third kappa shape index (κ3) is 3.02. The fourth-order valence-corrected chi connectivity index (χ4v) is 1.14. The fourth-order valence-electron chi connectivity index (χ4n) is 1.14. The number of ether oxygens (including phenoxy) is 2. The fraction of sp³-hybridized carbons (Fsp3) is 0.182. The Balaban J connectivity index is 3.06. The summed E-state index contributed by atoms with van der Waals surface area (Å²) in [6.45, 7) is 0. The molecule has 0 aliphatic rings. The molecule has 0 atom stereocenters. The third-order valence-electron chi connectivity index (χ3n) is 1.86. The first-order valence-corrected chi connectivity index (χ1v) is 4.37. The number of nitrogens with two attached hydrogens (primary N) is 1. The van der Waals surface area contributed by atoms with Crippen LogP contribution in [0.3, 0.4) is 0 Å². The zero-order valence-corrected chi connectivity index (χ0v) is 8.69. The van der Waals surface area contributed by atoms with E-state index < -0.39 is 5.91 Å². The molecular weight excluding hydrogens is 194 g/mol. The molecule has 1 aromatic carbocycles. The highest BCUT2D eigenvalue weighted by Crippen LogP contribution is 2.24. The molecule has 1 rings (SSSR count). The molecule has 0 radical (unpaired) electrons. The topological polar surface area (TPSA) is 61.6 Å². The summed E-state index contributed by atoms with van der Waals surface area (Å²) in [6, 6.07) is 5.30. The molecule has 0 aliphatic carbocycles. The number of amides is 1. The molecule has 1 aromatic rings. The predicted octanol–water partition coefficient (Wildman–Crippen LogP) is 1.20. The Morgan fingerprint density at radius 2 is 2.07 bits per heavy atom. The van der Waals surface area contributed by atoms with E-state index in [2.05, 4.69) is 0 Å². The maximum Gasteiger partial charge on any atom is 0.241 e. The second-order valence-corrected chi connectivity index (χ2v) is 2.84. The van der Waals surface area contributed by atoms with Crippen molar-refractivity contribution >= 4 is 12.0 Å². The minimum absolute atomic E-state index is 0.500. The largest absolute Gasteiger partial charge is 0.497 e. The number of carbonyl (C=O) groups is 1. The highest BCUT2D eigenvalue weighted by atomic mass is 16.5. The number of primary amides is 1. The molecule has 4 heteroatoms. The van der Waals surface area contributed by atoms with E-state index in [0.717, 1.165) is 5.56 Å². The molecule has 0 bridgehead atoms. The predicted molar refractivity (Wildman–Crippen MR) is 57.8 cm³/mol. The Kier molecular flexibility index (Phi) is 3.74. The third-order valence-corrected chi connectivity index (χ3v) is 1.86. The number of hydrogen-bond acceptors (Lipinski definition) is 3. The first-order chi connectivity index (χ1) is 7.17. The van der Waals surface area contributed by atoms with Crippen molar-refractivity contribution in [3.8, 4) is 11.5 Å². The molecule has 0 unspecified atom stereocenters. The maximum atomic E-state index is 10.6. The van der Waals surface area contributed by atoms with Crippen molar-refractivity contribution in [3.63, 3.8) is 0 Å². The van der Waals surface area contributed by atoms with Crippen molar-refractivity contribution in [1.82, 2.24) is 0 Å². The summed E-state index contributed by atoms with van der Waals surface area (Å²) < 4.78 is 10.2. The van der Waals surface area contributed by atoms with Gasteiger partial charge in [0, 0.05) is 11.6 Å². The van der Waals surface area contributed by atoms with Gasteiger partial charge in [0.1, 0.15) is 11.5 Å². The lowest BCUT2D eigenvalue weighted by Gasteiger charge is -2.06. The van der Waals surface area contributed by atoms with E-state index in [1.165, 1.54) is 6.08 Å². The Hall–Kier alpha value is -1.97. The lowest BCUT2D eigenvalue weighted by Crippen LogP contribution is -2.05. The normalized spacial score (nSPS) is 10.3. The molecule has 4 nitrogen and oxygen atoms in total. The summed E-state index contributed by atoms with van der Waals surface area (Å²) in [5.41, 5.74) is 5.75. The van der Waals surface area contributed by atoms with Crippen LogP contribution in [0, 0.1) is 0 Å². The second-order valence-electron chi connectivity index (χ2n) is 2.84. The Bertz CT molecular complexity index is 385. The average Bonchev–Trinajstić information content (AvgIpc) is 2.25. The van der Waals surface area contributed by atoms with Crippen LogP contribution < -0.4 is 15.2 Å². The molecule has 0 saturated heterocycles. The zero-order valence-electron chi connectivity index (χ0n) is 8.69. The summed E-state index contributed by atoms with van der Waals surface area (Å²) in [5.74, 6) is 0.855. The highest BCUT2D eigenvalue weighted by molar-refractivity contribution is 5.90. The van der Waals surface area contributed by atoms with Gasteiger partial charge in [0.05, 0.1) is 14.2 Å². The minimum Gasteiger partial charge on any atom is -0.497 e. The molecule has 0 aromatic heterocycles. The first kappa shape index (κ1) is 11.1. The van der Waals surface area contributed by atoms with Crippen LogP contribution >= 0.6 is 0 Å². The SMILES string of the molecule is COc1ccc(OC)c(/C=C\C(N)=O)c1. The van der Waals surface area contributed by atoms with Gasteiger partial charge in [-0.05, 0) is 24.3 Å². The molecule has 0 saturated carbocycles. The van der Waals surface area contributed by atoms with Crippen LogP contribution in [0.4, 0.5) is 0 Å². The van der Waals surface area contributed by atoms with Gasteiger partial charge in [-0.25, -0.2) is 0 Å². The quantitative estimate of drug-likeness (QED) is 0.754. The van der Waals surface area contributed by atoms with Gasteiger partial charge in [0.2, 0.25) is 5.91 Å². The van der Waals surface area contributed by atoms with Crippen LogP contribution in [-0.4, -0.2) is 20.1 Å². The van der Waals surface area contributed by atoms with Crippen molar-refractivity contribution in [2.45, 2.75) is 0 Å². The van der Waals surface area contributed by atoms with E-state index in [-0.39, 0.29) is 0 Å². The number of methoxy groups -OCH3 is 2. The van der Waals surface area contributed by atoms with Gasteiger partial charge in [0.15, 0.2) is 0 Å². The Labute approximate surface area is 88.3 Å². The molecule has 1 amide bonds. The minimum atomic E-state index is -0.500. The maximum absolute atomic E-state index is 10.6. The smallest absolute Gasteiger partial charge is 0.241 e. The van der Waals surface area contributed by atoms with Gasteiger partial charge < -0.3 is 15.2 Å². The van der Waals surface area contributed by atoms with Crippen molar-refractivity contribution in [3.05, 3.63) is 29.8 Å². The molecule has 0 heterocycles. The van der Waals surface area contributed by atoms with E-state index in [4.69, 9.17) is 15.2 Å². The summed E-state index contributed by atoms with van der Waals surface area (Å²) in [5, 5.41) is 0. The van der Waals surface area contributed by atoms with Gasteiger partial charge in [-0.3, -0.25) is 4.79 Å². The molecule has 80 valence electrons. The van der Waals surface area contributed by atoms with Gasteiger partial charge in [-0.1, -0.05) is 0 Å². The van der Waals surface area contributed by atoms with Crippen molar-refractivity contribution in [1.29, 1.82) is 0 Å². The van der Waals surface area contributed by atoms with Gasteiger partial charge in [0.25, 0.3) is 0 Å². The first-order valence-electron chi connectivity index (χ1n) is 4.37. The van der Waals surface area contributed by atoms with Gasteiger partial charge >= 0.3 is 0 Å². The molecule has 0 aliphatic heterocycles. The lowest BCUT2D eigenvalue weighted by atomic mass is 10.1. The van der Waals surface area contributed by atoms with Crippen molar-refractivity contribution in [2.24, 2.45) is 5.73 Å². The van der Waals surface area contributed by atoms with E-state index in [9.17, 15) is 4.79 Å². The van der Waals surface area contributed by atoms with E-state index in [1.54, 1.807) is 38.5 Å². The highest BCUT2D eigenvalue weighted by Gasteiger charge is 2.01. The van der Waals surface area contributed by atoms with Crippen LogP contribution in [0.5, 0.6) is 11.5 Å². The standard InChI is InChI=1S/C11H13NO3/c1-14-9-4-5-10(15-2)8(7-9)3-6-11(12)13/h3-7H,1-2H3,(H2,12,13)/b6-3-. The Morgan fingerprint density at radius 3 is 2.60 bits per heavy atom. The number of benzene rings is 1. The van der Waals surface area contributed by atoms with Crippen molar-refractivity contribution < 1.29 is 14.3 Å². The number of carbonyl (C=O) groups excluding carboxylic acids is 1. The van der Waals surface area contributed by atoms with Crippen molar-refractivity contribution in [2.75, 3.05) is 14.2 Å². The summed E-state index contributed by atoms with van der Waals surface area (Å²) >= 11 is 0. The van der Waals surface area contributed by atoms with Gasteiger partial charge in [-0.2, -0.15) is 0 Å². The Morgan fingerprint density at radius 1 is 1.33 bits per heavy atom. The number of hydrogen-bond donors (Lipinski definition) is 1. The van der Waals surface area contributed by atoms with Crippen LogP contribution in [0.2, 0.25) is 0 Å². The summed E-state index contributed by atoms with van der Waals surface area (Å²) in [4.78, 5) is 10.6. The molecule has 0 fully saturated rings. The molecule has 2 N–H and O–H groups in total. The van der Waals surface area contributed by atoms with Crippen LogP contribution in [0.25, 0.3) is 6.08 Å². The zero-order chi connectivity index (χ0) is 11.3. The molecule has 15 heavy (non-hydrogen) atoms. The van der Waals surface area contributed by atoms with Crippen LogP contribution in [0.1, 0.15) is 5.56 Å². The average molecular weight is 207 g/mol.